The molecule has 0 aliphatic heterocycles. The van der Waals surface area contributed by atoms with E-state index in [-0.39, 0.29) is 0 Å². The summed E-state index contributed by atoms with van der Waals surface area (Å²) in [5, 5.41) is 3.67. The summed E-state index contributed by atoms with van der Waals surface area (Å²) < 4.78 is 0. The van der Waals surface area contributed by atoms with Crippen LogP contribution in [0.25, 0.3) is 0 Å². The Morgan fingerprint density at radius 3 is 2.15 bits per heavy atom. The fourth-order valence-corrected chi connectivity index (χ4v) is 3.02. The summed E-state index contributed by atoms with van der Waals surface area (Å²) in [5.74, 6) is 0. The van der Waals surface area contributed by atoms with Gasteiger partial charge in [-0.15, -0.1) is 0 Å². The highest BCUT2D eigenvalue weighted by atomic mass is 15.2. The summed E-state index contributed by atoms with van der Waals surface area (Å²) in [4.78, 5) is 2.51. The van der Waals surface area contributed by atoms with E-state index in [9.17, 15) is 0 Å². The van der Waals surface area contributed by atoms with Gasteiger partial charge in [0.05, 0.1) is 0 Å². The third kappa shape index (κ3) is 5.26. The molecule has 2 nitrogen and oxygen atoms in total. The van der Waals surface area contributed by atoms with Crippen LogP contribution in [0.5, 0.6) is 0 Å². The molecule has 0 aromatic heterocycles. The Balaban J connectivity index is 2.92. The molecule has 0 heterocycles. The molecule has 0 spiro atoms. The van der Waals surface area contributed by atoms with E-state index in [4.69, 9.17) is 0 Å². The minimum atomic E-state index is 0.329. The summed E-state index contributed by atoms with van der Waals surface area (Å²) in [7, 11) is 2.26. The molecule has 0 aliphatic rings. The standard InChI is InChI=1S/C18H32N2/c1-7-16(20(6)14-18(3,4)5)17(19-8-2)15-12-10-9-11-13-15/h9-13,16-17,19H,7-8,14H2,1-6H3. The van der Waals surface area contributed by atoms with E-state index in [1.165, 1.54) is 5.56 Å². The highest BCUT2D eigenvalue weighted by molar-refractivity contribution is 5.20. The average Bonchev–Trinajstić information content (AvgIpc) is 2.37. The van der Waals surface area contributed by atoms with Crippen molar-refractivity contribution in [2.45, 2.75) is 53.1 Å². The minimum absolute atomic E-state index is 0.329. The molecular weight excluding hydrogens is 244 g/mol. The summed E-state index contributed by atoms with van der Waals surface area (Å²) in [6.45, 7) is 13.5. The van der Waals surface area contributed by atoms with Gasteiger partial charge in [-0.1, -0.05) is 65.0 Å². The molecule has 1 aromatic rings. The molecule has 20 heavy (non-hydrogen) atoms. The normalized spacial score (nSPS) is 15.3. The first kappa shape index (κ1) is 17.2. The fourth-order valence-electron chi connectivity index (χ4n) is 3.02. The molecule has 1 rings (SSSR count). The summed E-state index contributed by atoms with van der Waals surface area (Å²) >= 11 is 0. The number of hydrogen-bond donors (Lipinski definition) is 1. The number of rotatable bonds is 7. The van der Waals surface area contributed by atoms with Crippen molar-refractivity contribution in [2.24, 2.45) is 5.41 Å². The SMILES string of the molecule is CCNC(c1ccccc1)C(CC)N(C)CC(C)(C)C. The Morgan fingerprint density at radius 1 is 1.10 bits per heavy atom. The van der Waals surface area contributed by atoms with Crippen LogP contribution in [0.15, 0.2) is 30.3 Å². The predicted octanol–water partition coefficient (Wildman–Crippen LogP) is 4.09. The van der Waals surface area contributed by atoms with Crippen LogP contribution >= 0.6 is 0 Å². The van der Waals surface area contributed by atoms with Crippen LogP contribution in [0.4, 0.5) is 0 Å². The highest BCUT2D eigenvalue weighted by Gasteiger charge is 2.27. The highest BCUT2D eigenvalue weighted by Crippen LogP contribution is 2.25. The lowest BCUT2D eigenvalue weighted by atomic mass is 9.91. The topological polar surface area (TPSA) is 15.3 Å². The van der Waals surface area contributed by atoms with Crippen LogP contribution in [0.2, 0.25) is 0 Å². The van der Waals surface area contributed by atoms with Crippen molar-refractivity contribution in [3.8, 4) is 0 Å². The third-order valence-corrected chi connectivity index (χ3v) is 3.68. The maximum atomic E-state index is 3.67. The minimum Gasteiger partial charge on any atom is -0.309 e. The molecule has 1 aromatic carbocycles. The van der Waals surface area contributed by atoms with Crippen molar-refractivity contribution in [2.75, 3.05) is 20.1 Å². The molecule has 0 saturated heterocycles. The van der Waals surface area contributed by atoms with Crippen molar-refractivity contribution in [1.29, 1.82) is 0 Å². The smallest absolute Gasteiger partial charge is 0.0477 e. The van der Waals surface area contributed by atoms with Gasteiger partial charge in [0.1, 0.15) is 0 Å². The van der Waals surface area contributed by atoms with Crippen molar-refractivity contribution in [1.82, 2.24) is 10.2 Å². The molecule has 0 bridgehead atoms. The first-order valence-corrected chi connectivity index (χ1v) is 7.87. The van der Waals surface area contributed by atoms with Gasteiger partial charge in [-0.3, -0.25) is 0 Å². The van der Waals surface area contributed by atoms with Gasteiger partial charge >= 0.3 is 0 Å². The first-order chi connectivity index (χ1) is 9.39. The van der Waals surface area contributed by atoms with Crippen LogP contribution in [0.1, 0.15) is 52.6 Å². The zero-order chi connectivity index (χ0) is 15.2. The van der Waals surface area contributed by atoms with E-state index >= 15 is 0 Å². The maximum Gasteiger partial charge on any atom is 0.0477 e. The molecule has 114 valence electrons. The van der Waals surface area contributed by atoms with Gasteiger partial charge in [-0.05, 0) is 31.0 Å². The van der Waals surface area contributed by atoms with Crippen LogP contribution in [0, 0.1) is 5.41 Å². The molecule has 1 N–H and O–H groups in total. The zero-order valence-corrected chi connectivity index (χ0v) is 14.1. The van der Waals surface area contributed by atoms with Crippen LogP contribution in [0.3, 0.4) is 0 Å². The van der Waals surface area contributed by atoms with E-state index in [1.54, 1.807) is 0 Å². The number of hydrogen-bond acceptors (Lipinski definition) is 2. The van der Waals surface area contributed by atoms with Gasteiger partial charge < -0.3 is 10.2 Å². The lowest BCUT2D eigenvalue weighted by molar-refractivity contribution is 0.137. The Hall–Kier alpha value is -0.860. The van der Waals surface area contributed by atoms with Gasteiger partial charge in [-0.25, -0.2) is 0 Å². The number of nitrogens with one attached hydrogen (secondary N) is 1. The van der Waals surface area contributed by atoms with E-state index < -0.39 is 0 Å². The van der Waals surface area contributed by atoms with Crippen molar-refractivity contribution >= 4 is 0 Å². The van der Waals surface area contributed by atoms with Gasteiger partial charge in [0.25, 0.3) is 0 Å². The second-order valence-electron chi connectivity index (χ2n) is 6.90. The Kier molecular flexibility index (Phi) is 6.70. The monoisotopic (exact) mass is 276 g/mol. The molecule has 0 aliphatic carbocycles. The Labute approximate surface area is 125 Å². The second kappa shape index (κ2) is 7.80. The molecule has 0 saturated carbocycles. The lowest BCUT2D eigenvalue weighted by Gasteiger charge is -2.38. The van der Waals surface area contributed by atoms with Crippen molar-refractivity contribution in [3.05, 3.63) is 35.9 Å². The van der Waals surface area contributed by atoms with E-state index in [0.29, 0.717) is 17.5 Å². The number of likely N-dealkylation sites (N-methyl/N-ethyl adjacent to an activating group) is 2. The van der Waals surface area contributed by atoms with Crippen molar-refractivity contribution in [3.63, 3.8) is 0 Å². The van der Waals surface area contributed by atoms with Gasteiger partial charge in [0, 0.05) is 18.6 Å². The third-order valence-electron chi connectivity index (χ3n) is 3.68. The average molecular weight is 276 g/mol. The van der Waals surface area contributed by atoms with E-state index in [0.717, 1.165) is 19.5 Å². The van der Waals surface area contributed by atoms with Gasteiger partial charge in [0.2, 0.25) is 0 Å². The zero-order valence-electron chi connectivity index (χ0n) is 14.1. The van der Waals surface area contributed by atoms with Gasteiger partial charge in [0.15, 0.2) is 0 Å². The quantitative estimate of drug-likeness (QED) is 0.807. The molecule has 2 atom stereocenters. The summed E-state index contributed by atoms with van der Waals surface area (Å²) in [6.07, 6.45) is 1.15. The molecule has 0 radical (unpaired) electrons. The van der Waals surface area contributed by atoms with Gasteiger partial charge in [-0.2, -0.15) is 0 Å². The summed E-state index contributed by atoms with van der Waals surface area (Å²) in [6, 6.07) is 11.8. The maximum absolute atomic E-state index is 3.67. The first-order valence-electron chi connectivity index (χ1n) is 7.87. The molecule has 2 heteroatoms. The molecule has 0 amide bonds. The fraction of sp³-hybridized carbons (Fsp3) is 0.667. The Bertz CT molecular complexity index is 367. The van der Waals surface area contributed by atoms with Crippen LogP contribution < -0.4 is 5.32 Å². The van der Waals surface area contributed by atoms with E-state index in [1.807, 2.05) is 0 Å². The van der Waals surface area contributed by atoms with Crippen molar-refractivity contribution < 1.29 is 0 Å². The largest absolute Gasteiger partial charge is 0.309 e. The molecular formula is C18H32N2. The van der Waals surface area contributed by atoms with E-state index in [2.05, 4.69) is 82.2 Å². The lowest BCUT2D eigenvalue weighted by Crippen LogP contribution is -2.45. The predicted molar refractivity (Wildman–Crippen MR) is 89.0 cm³/mol. The van der Waals surface area contributed by atoms with Crippen LogP contribution in [-0.4, -0.2) is 31.1 Å². The Morgan fingerprint density at radius 2 is 1.70 bits per heavy atom. The number of benzene rings is 1. The van der Waals surface area contributed by atoms with Crippen LogP contribution in [-0.2, 0) is 0 Å². The molecule has 2 unspecified atom stereocenters. The molecule has 0 fully saturated rings. The summed E-state index contributed by atoms with van der Waals surface area (Å²) in [5.41, 5.74) is 1.72. The second-order valence-corrected chi connectivity index (χ2v) is 6.90. The number of nitrogens with zero attached hydrogens (tertiary/aromatic N) is 1.